The molecule has 3 aliphatic rings. The molecule has 4 rings (SSSR count). The Kier molecular flexibility index (Phi) is 9.83. The minimum Gasteiger partial charge on any atom is -0.465 e. The summed E-state index contributed by atoms with van der Waals surface area (Å²) >= 11 is 1.64. The molecule has 2 amide bonds. The summed E-state index contributed by atoms with van der Waals surface area (Å²) in [5.41, 5.74) is 0.974. The molecule has 2 bridgehead atoms. The van der Waals surface area contributed by atoms with Gasteiger partial charge in [-0.2, -0.15) is 0 Å². The van der Waals surface area contributed by atoms with Crippen molar-refractivity contribution in [1.29, 1.82) is 0 Å². The van der Waals surface area contributed by atoms with E-state index in [4.69, 9.17) is 4.74 Å². The number of hydrogen-bond acceptors (Lipinski definition) is 6. The van der Waals surface area contributed by atoms with Crippen molar-refractivity contribution in [3.8, 4) is 0 Å². The number of carbonyl (C=O) groups excluding carboxylic acids is 3. The summed E-state index contributed by atoms with van der Waals surface area (Å²) in [7, 11) is 0. The van der Waals surface area contributed by atoms with Crippen molar-refractivity contribution in [3.63, 3.8) is 0 Å². The average Bonchev–Trinajstić information content (AvgIpc) is 3.53. The molecule has 218 valence electrons. The fourth-order valence-electron chi connectivity index (χ4n) is 7.05. The van der Waals surface area contributed by atoms with Gasteiger partial charge in [-0.05, 0) is 57.4 Å². The zero-order chi connectivity index (χ0) is 29.0. The topological polar surface area (TPSA) is 87.1 Å². The Bertz CT molecular complexity index is 1090. The highest BCUT2D eigenvalue weighted by Crippen LogP contribution is 2.69. The highest BCUT2D eigenvalue weighted by molar-refractivity contribution is 8.02. The monoisotopic (exact) mass is 568 g/mol. The lowest BCUT2D eigenvalue weighted by Crippen LogP contribution is -2.60. The molecular formula is C32H44N2O5S. The number of thioether (sulfide) groups is 1. The van der Waals surface area contributed by atoms with Crippen LogP contribution in [0.1, 0.15) is 52.0 Å². The molecule has 40 heavy (non-hydrogen) atoms. The second-order valence-corrected chi connectivity index (χ2v) is 13.2. The van der Waals surface area contributed by atoms with Crippen LogP contribution in [0.3, 0.4) is 0 Å². The number of esters is 1. The molecule has 7 atom stereocenters. The number of hydrogen-bond donors (Lipinski definition) is 1. The van der Waals surface area contributed by atoms with E-state index in [0.717, 1.165) is 31.2 Å². The number of amides is 2. The lowest BCUT2D eigenvalue weighted by Gasteiger charge is -2.42. The summed E-state index contributed by atoms with van der Waals surface area (Å²) in [6, 6.07) is 8.23. The van der Waals surface area contributed by atoms with Crippen molar-refractivity contribution < 1.29 is 24.2 Å². The SMILES string of the molecule is C=CCCCCOC(=O)[C@@H]1[C@H]2C(=O)N([C@@H](CO)Cc3ccccc3)C(C(=O)N(CC=C)C(C)C)C23S[C@@H]1CC3C. The van der Waals surface area contributed by atoms with Crippen LogP contribution < -0.4 is 0 Å². The molecule has 0 aliphatic carbocycles. The first kappa shape index (κ1) is 30.4. The van der Waals surface area contributed by atoms with Gasteiger partial charge in [0.25, 0.3) is 0 Å². The summed E-state index contributed by atoms with van der Waals surface area (Å²) < 4.78 is 4.98. The smallest absolute Gasteiger partial charge is 0.310 e. The molecule has 1 spiro atoms. The van der Waals surface area contributed by atoms with Crippen molar-refractivity contribution in [1.82, 2.24) is 9.80 Å². The minimum absolute atomic E-state index is 0.0425. The molecule has 3 aliphatic heterocycles. The van der Waals surface area contributed by atoms with Gasteiger partial charge in [0.15, 0.2) is 0 Å². The molecule has 1 N–H and O–H groups in total. The third-order valence-electron chi connectivity index (χ3n) is 8.89. The van der Waals surface area contributed by atoms with Crippen molar-refractivity contribution in [2.24, 2.45) is 17.8 Å². The Morgan fingerprint density at radius 1 is 1.23 bits per heavy atom. The number of aliphatic hydroxyl groups is 1. The number of aliphatic hydroxyl groups excluding tert-OH is 1. The van der Waals surface area contributed by atoms with Gasteiger partial charge in [-0.3, -0.25) is 14.4 Å². The molecule has 3 fully saturated rings. The number of benzene rings is 1. The van der Waals surface area contributed by atoms with Gasteiger partial charge in [0.1, 0.15) is 6.04 Å². The summed E-state index contributed by atoms with van der Waals surface area (Å²) in [5, 5.41) is 10.6. The lowest BCUT2D eigenvalue weighted by molar-refractivity contribution is -0.155. The summed E-state index contributed by atoms with van der Waals surface area (Å²) in [6.45, 7) is 14.0. The first-order valence-electron chi connectivity index (χ1n) is 14.6. The minimum atomic E-state index is -0.788. The molecule has 1 aromatic rings. The van der Waals surface area contributed by atoms with Gasteiger partial charge in [-0.25, -0.2) is 0 Å². The third kappa shape index (κ3) is 5.37. The van der Waals surface area contributed by atoms with Crippen molar-refractivity contribution in [2.45, 2.75) is 81.0 Å². The normalized spacial score (nSPS) is 29.4. The van der Waals surface area contributed by atoms with Crippen LogP contribution in [0.4, 0.5) is 0 Å². The number of ether oxygens (including phenoxy) is 1. The Morgan fingerprint density at radius 2 is 1.95 bits per heavy atom. The number of carbonyl (C=O) groups is 3. The van der Waals surface area contributed by atoms with E-state index < -0.39 is 28.7 Å². The van der Waals surface area contributed by atoms with Crippen LogP contribution in [0.15, 0.2) is 55.6 Å². The predicted molar refractivity (Wildman–Crippen MR) is 159 cm³/mol. The van der Waals surface area contributed by atoms with E-state index >= 15 is 0 Å². The van der Waals surface area contributed by atoms with E-state index in [9.17, 15) is 19.5 Å². The van der Waals surface area contributed by atoms with E-state index in [1.165, 1.54) is 0 Å². The average molecular weight is 569 g/mol. The van der Waals surface area contributed by atoms with Gasteiger partial charge in [-0.15, -0.1) is 24.9 Å². The molecule has 1 aromatic carbocycles. The number of nitrogens with zero attached hydrogens (tertiary/aromatic N) is 2. The van der Waals surface area contributed by atoms with Crippen LogP contribution in [0.5, 0.6) is 0 Å². The van der Waals surface area contributed by atoms with Crippen LogP contribution in [-0.2, 0) is 25.5 Å². The van der Waals surface area contributed by atoms with E-state index in [1.54, 1.807) is 27.6 Å². The Hall–Kier alpha value is -2.58. The fourth-order valence-corrected chi connectivity index (χ4v) is 9.44. The van der Waals surface area contributed by atoms with E-state index in [-0.39, 0.29) is 41.6 Å². The number of unbranched alkanes of at least 4 members (excludes halogenated alkanes) is 2. The molecule has 8 heteroatoms. The van der Waals surface area contributed by atoms with Gasteiger partial charge >= 0.3 is 5.97 Å². The fraction of sp³-hybridized carbons (Fsp3) is 0.594. The zero-order valence-corrected chi connectivity index (χ0v) is 24.9. The van der Waals surface area contributed by atoms with E-state index in [1.807, 2.05) is 50.3 Å². The molecule has 3 saturated heterocycles. The van der Waals surface area contributed by atoms with Gasteiger partial charge in [0.05, 0.1) is 35.8 Å². The lowest BCUT2D eigenvalue weighted by atomic mass is 9.66. The second kappa shape index (κ2) is 12.9. The number of allylic oxidation sites excluding steroid dienone is 1. The van der Waals surface area contributed by atoms with Gasteiger partial charge in [-0.1, -0.05) is 49.4 Å². The van der Waals surface area contributed by atoms with Crippen molar-refractivity contribution in [3.05, 3.63) is 61.2 Å². The van der Waals surface area contributed by atoms with Crippen LogP contribution >= 0.6 is 11.8 Å². The summed E-state index contributed by atoms with van der Waals surface area (Å²) in [6.07, 6.45) is 7.21. The Morgan fingerprint density at radius 3 is 2.58 bits per heavy atom. The maximum atomic E-state index is 14.5. The van der Waals surface area contributed by atoms with Crippen LogP contribution in [-0.4, -0.2) is 80.6 Å². The molecule has 0 radical (unpaired) electrons. The number of fused-ring (bicyclic) bond motifs is 1. The van der Waals surface area contributed by atoms with Crippen molar-refractivity contribution >= 4 is 29.5 Å². The summed E-state index contributed by atoms with van der Waals surface area (Å²) in [5.74, 6) is -1.92. The highest BCUT2D eigenvalue weighted by Gasteiger charge is 2.77. The quantitative estimate of drug-likeness (QED) is 0.205. The largest absolute Gasteiger partial charge is 0.465 e. The maximum absolute atomic E-state index is 14.5. The first-order chi connectivity index (χ1) is 19.2. The zero-order valence-electron chi connectivity index (χ0n) is 24.0. The highest BCUT2D eigenvalue weighted by atomic mass is 32.2. The molecule has 0 saturated carbocycles. The number of likely N-dealkylation sites (tertiary alicyclic amines) is 1. The Balaban J connectivity index is 1.73. The predicted octanol–water partition coefficient (Wildman–Crippen LogP) is 4.25. The molecular weight excluding hydrogens is 524 g/mol. The molecule has 7 nitrogen and oxygen atoms in total. The van der Waals surface area contributed by atoms with E-state index in [2.05, 4.69) is 20.1 Å². The molecule has 3 heterocycles. The third-order valence-corrected chi connectivity index (χ3v) is 11.0. The van der Waals surface area contributed by atoms with Crippen LogP contribution in [0.2, 0.25) is 0 Å². The summed E-state index contributed by atoms with van der Waals surface area (Å²) in [4.78, 5) is 45.9. The van der Waals surface area contributed by atoms with Crippen molar-refractivity contribution in [2.75, 3.05) is 19.8 Å². The number of rotatable bonds is 14. The molecule has 0 aromatic heterocycles. The maximum Gasteiger partial charge on any atom is 0.310 e. The Labute approximate surface area is 243 Å². The van der Waals surface area contributed by atoms with Gasteiger partial charge < -0.3 is 19.6 Å². The second-order valence-electron chi connectivity index (χ2n) is 11.6. The van der Waals surface area contributed by atoms with Crippen LogP contribution in [0.25, 0.3) is 0 Å². The molecule has 3 unspecified atom stereocenters. The van der Waals surface area contributed by atoms with Crippen LogP contribution in [0, 0.1) is 17.8 Å². The van der Waals surface area contributed by atoms with Gasteiger partial charge in [0.2, 0.25) is 11.8 Å². The standard InChI is InChI=1S/C32H44N2O5S/c1-6-8-9-13-17-39-31(38)26-25-18-22(5)32(40-25)27(26)29(36)34(24(20-35)19-23-14-11-10-12-15-23)28(32)30(37)33(16-7-2)21(3)4/h6-7,10-12,14-15,21-22,24-28,35H,1-2,8-9,13,16-20H2,3-5H3/t22?,24-,25-,26+,27+,28?,32?/m1/s1. The van der Waals surface area contributed by atoms with E-state index in [0.29, 0.717) is 19.6 Å². The first-order valence-corrected chi connectivity index (χ1v) is 15.4. The van der Waals surface area contributed by atoms with Gasteiger partial charge in [0, 0.05) is 17.8 Å².